The predicted octanol–water partition coefficient (Wildman–Crippen LogP) is 25.1. The van der Waals surface area contributed by atoms with Gasteiger partial charge in [-0.15, -0.1) is 0 Å². The van der Waals surface area contributed by atoms with Crippen molar-refractivity contribution in [2.75, 3.05) is 13.2 Å². The first-order valence-electron chi connectivity index (χ1n) is 36.3. The van der Waals surface area contributed by atoms with Crippen LogP contribution in [0.4, 0.5) is 0 Å². The molecule has 6 nitrogen and oxygen atoms in total. The third-order valence-corrected chi connectivity index (χ3v) is 16.2. The Balaban J connectivity index is 4.07. The van der Waals surface area contributed by atoms with Crippen LogP contribution in [0.25, 0.3) is 0 Å². The summed E-state index contributed by atoms with van der Waals surface area (Å²) in [5, 5.41) is 0. The molecule has 0 aromatic heterocycles. The van der Waals surface area contributed by atoms with Gasteiger partial charge in [-0.3, -0.25) is 14.4 Å². The molecule has 0 aromatic carbocycles. The van der Waals surface area contributed by atoms with E-state index >= 15 is 0 Å². The molecule has 0 radical (unpaired) electrons. The lowest BCUT2D eigenvalue weighted by Gasteiger charge is -2.18. The van der Waals surface area contributed by atoms with Crippen LogP contribution in [0.5, 0.6) is 0 Å². The Morgan fingerprint density at radius 1 is 0.256 bits per heavy atom. The molecule has 0 amide bonds. The van der Waals surface area contributed by atoms with Crippen LogP contribution in [0, 0.1) is 0 Å². The Morgan fingerprint density at radius 3 is 0.805 bits per heavy atom. The number of hydrogen-bond donors (Lipinski definition) is 0. The number of hydrogen-bond acceptors (Lipinski definition) is 6. The zero-order valence-electron chi connectivity index (χ0n) is 55.0. The lowest BCUT2D eigenvalue weighted by atomic mass is 10.0. The molecule has 0 aliphatic rings. The van der Waals surface area contributed by atoms with Crippen molar-refractivity contribution < 1.29 is 28.6 Å². The fourth-order valence-corrected chi connectivity index (χ4v) is 10.9. The van der Waals surface area contributed by atoms with Crippen LogP contribution in [-0.2, 0) is 28.6 Å². The third kappa shape index (κ3) is 67.9. The first kappa shape index (κ1) is 79.1. The van der Waals surface area contributed by atoms with E-state index in [1.807, 2.05) is 0 Å². The van der Waals surface area contributed by atoms with Crippen molar-refractivity contribution in [2.45, 2.75) is 393 Å². The quantitative estimate of drug-likeness (QED) is 0.0261. The van der Waals surface area contributed by atoms with Crippen molar-refractivity contribution in [1.82, 2.24) is 0 Å². The predicted molar refractivity (Wildman–Crippen MR) is 358 cm³/mol. The van der Waals surface area contributed by atoms with E-state index in [4.69, 9.17) is 14.2 Å². The molecule has 0 saturated carbocycles. The Bertz CT molecular complexity index is 1460. The monoisotopic (exact) mass is 1150 g/mol. The molecule has 6 heteroatoms. The lowest BCUT2D eigenvalue weighted by molar-refractivity contribution is -0.167. The normalized spacial score (nSPS) is 12.4. The summed E-state index contributed by atoms with van der Waals surface area (Å²) in [5.41, 5.74) is 0. The van der Waals surface area contributed by atoms with Crippen LogP contribution < -0.4 is 0 Å². The molecule has 1 atom stereocenters. The zero-order chi connectivity index (χ0) is 59.2. The van der Waals surface area contributed by atoms with Crippen LogP contribution in [0.1, 0.15) is 387 Å². The van der Waals surface area contributed by atoms with Crippen molar-refractivity contribution in [3.63, 3.8) is 0 Å². The Morgan fingerprint density at radius 2 is 0.500 bits per heavy atom. The summed E-state index contributed by atoms with van der Waals surface area (Å²) in [4.78, 5) is 38.3. The van der Waals surface area contributed by atoms with E-state index in [1.165, 1.54) is 250 Å². The molecular weight excluding hydrogens is 1010 g/mol. The van der Waals surface area contributed by atoms with E-state index in [0.717, 1.165) is 96.3 Å². The number of unbranched alkanes of at least 4 members (excludes halogenated alkanes) is 46. The first-order chi connectivity index (χ1) is 40.5. The minimum atomic E-state index is -0.773. The van der Waals surface area contributed by atoms with Crippen LogP contribution in [-0.4, -0.2) is 37.2 Å². The average Bonchev–Trinajstić information content (AvgIpc) is 3.48. The molecule has 478 valence electrons. The van der Waals surface area contributed by atoms with Crippen molar-refractivity contribution >= 4 is 17.9 Å². The minimum absolute atomic E-state index is 0.0703. The van der Waals surface area contributed by atoms with Gasteiger partial charge in [-0.2, -0.15) is 0 Å². The number of carbonyl (C=O) groups is 3. The Kier molecular flexibility index (Phi) is 68.1. The average molecular weight is 1150 g/mol. The topological polar surface area (TPSA) is 78.9 Å². The number of allylic oxidation sites excluding steroid dienone is 10. The Labute approximate surface area is 510 Å². The van der Waals surface area contributed by atoms with Crippen LogP contribution in [0.3, 0.4) is 0 Å². The molecular formula is C76H138O6. The second kappa shape index (κ2) is 70.6. The molecule has 0 saturated heterocycles. The number of esters is 3. The second-order valence-corrected chi connectivity index (χ2v) is 24.5. The highest BCUT2D eigenvalue weighted by Gasteiger charge is 2.19. The van der Waals surface area contributed by atoms with E-state index in [0.29, 0.717) is 19.3 Å². The van der Waals surface area contributed by atoms with Gasteiger partial charge in [-0.25, -0.2) is 0 Å². The number of rotatable bonds is 67. The molecule has 0 N–H and O–H groups in total. The molecule has 0 rings (SSSR count). The third-order valence-electron chi connectivity index (χ3n) is 16.2. The molecule has 0 aliphatic heterocycles. The largest absolute Gasteiger partial charge is 0.462 e. The molecule has 0 bridgehead atoms. The zero-order valence-corrected chi connectivity index (χ0v) is 55.0. The minimum Gasteiger partial charge on any atom is -0.462 e. The van der Waals surface area contributed by atoms with Crippen LogP contribution in [0.2, 0.25) is 0 Å². The van der Waals surface area contributed by atoms with Crippen LogP contribution in [0.15, 0.2) is 60.8 Å². The summed E-state index contributed by atoms with van der Waals surface area (Å²) < 4.78 is 17.0. The molecule has 0 fully saturated rings. The van der Waals surface area contributed by atoms with E-state index < -0.39 is 6.10 Å². The van der Waals surface area contributed by atoms with E-state index in [9.17, 15) is 14.4 Å². The maximum absolute atomic E-state index is 12.9. The smallest absolute Gasteiger partial charge is 0.306 e. The van der Waals surface area contributed by atoms with Gasteiger partial charge in [0.2, 0.25) is 0 Å². The van der Waals surface area contributed by atoms with Gasteiger partial charge in [0, 0.05) is 19.3 Å². The highest BCUT2D eigenvalue weighted by atomic mass is 16.6. The highest BCUT2D eigenvalue weighted by Crippen LogP contribution is 2.19. The van der Waals surface area contributed by atoms with Crippen LogP contribution >= 0.6 is 0 Å². The van der Waals surface area contributed by atoms with Crippen molar-refractivity contribution in [2.24, 2.45) is 0 Å². The van der Waals surface area contributed by atoms with Gasteiger partial charge in [0.15, 0.2) is 6.10 Å². The fourth-order valence-electron chi connectivity index (χ4n) is 10.9. The molecule has 1 unspecified atom stereocenters. The molecule has 0 aromatic rings. The molecule has 0 aliphatic carbocycles. The highest BCUT2D eigenvalue weighted by molar-refractivity contribution is 5.71. The second-order valence-electron chi connectivity index (χ2n) is 24.5. The van der Waals surface area contributed by atoms with Gasteiger partial charge in [-0.1, -0.05) is 351 Å². The van der Waals surface area contributed by atoms with E-state index in [-0.39, 0.29) is 31.1 Å². The summed E-state index contributed by atoms with van der Waals surface area (Å²) in [5.74, 6) is -0.855. The molecule has 82 heavy (non-hydrogen) atoms. The SMILES string of the molecule is CC/C=C\C/C=C\C/C=C\C/C=C\CCCCCCCCCCCCCCCCCCCCCCC(=O)OCC(COC(=O)CCCCCCC/C=C\CCC)OC(=O)CCCCCCCCCCCCCCCCCCCCCCC. The van der Waals surface area contributed by atoms with Crippen molar-refractivity contribution in [3.05, 3.63) is 60.8 Å². The van der Waals surface area contributed by atoms with Gasteiger partial charge in [-0.05, 0) is 77.0 Å². The van der Waals surface area contributed by atoms with Gasteiger partial charge in [0.25, 0.3) is 0 Å². The van der Waals surface area contributed by atoms with Gasteiger partial charge in [0.1, 0.15) is 13.2 Å². The van der Waals surface area contributed by atoms with Crippen molar-refractivity contribution in [1.29, 1.82) is 0 Å². The summed E-state index contributed by atoms with van der Waals surface area (Å²) in [6.45, 7) is 6.53. The van der Waals surface area contributed by atoms with E-state index in [1.54, 1.807) is 0 Å². The summed E-state index contributed by atoms with van der Waals surface area (Å²) in [6.07, 6.45) is 91.4. The van der Waals surface area contributed by atoms with Gasteiger partial charge >= 0.3 is 17.9 Å². The van der Waals surface area contributed by atoms with Crippen molar-refractivity contribution in [3.8, 4) is 0 Å². The maximum Gasteiger partial charge on any atom is 0.306 e. The summed E-state index contributed by atoms with van der Waals surface area (Å²) in [7, 11) is 0. The lowest BCUT2D eigenvalue weighted by Crippen LogP contribution is -2.30. The Hall–Kier alpha value is -2.89. The summed E-state index contributed by atoms with van der Waals surface area (Å²) >= 11 is 0. The molecule has 0 spiro atoms. The first-order valence-corrected chi connectivity index (χ1v) is 36.3. The van der Waals surface area contributed by atoms with E-state index in [2.05, 4.69) is 81.5 Å². The fraction of sp³-hybridized carbons (Fsp3) is 0.829. The number of ether oxygens (including phenoxy) is 3. The standard InChI is InChI=1S/C76H138O6/c1-4-7-10-13-16-19-22-24-26-28-30-32-33-34-35-36-37-38-39-40-41-42-43-45-46-48-50-52-54-57-60-63-66-69-75(78)81-72-73(71-80-74(77)68-65-62-59-56-21-18-15-12-9-6-3)82-76(79)70-67-64-61-58-55-53-51-49-47-44-31-29-27-25-23-20-17-14-11-8-5-2/h7,10,12,15-16,19,24,26,30,32,73H,4-6,8-9,11,13-14,17-18,20-23,25,27-29,31,33-72H2,1-3H3/b10-7-,15-12-,19-16-,26-24-,32-30-. The molecule has 0 heterocycles. The maximum atomic E-state index is 12.9. The van der Waals surface area contributed by atoms with Gasteiger partial charge in [0.05, 0.1) is 0 Å². The number of carbonyl (C=O) groups excluding carboxylic acids is 3. The van der Waals surface area contributed by atoms with Gasteiger partial charge < -0.3 is 14.2 Å². The summed E-state index contributed by atoms with van der Waals surface area (Å²) in [6, 6.07) is 0.